The van der Waals surface area contributed by atoms with Crippen LogP contribution in [0.5, 0.6) is 0 Å². The molecule has 12 heteroatoms. The normalized spacial score (nSPS) is 25.0. The Kier molecular flexibility index (Phi) is 12.6. The van der Waals surface area contributed by atoms with Crippen LogP contribution in [0.15, 0.2) is 73.8 Å². The van der Waals surface area contributed by atoms with E-state index in [-0.39, 0.29) is 31.4 Å². The van der Waals surface area contributed by atoms with Gasteiger partial charge in [0.05, 0.1) is 53.9 Å². The number of likely N-dealkylation sites (tertiary alicyclic amines) is 1. The van der Waals surface area contributed by atoms with Crippen molar-refractivity contribution in [3.8, 4) is 0 Å². The van der Waals surface area contributed by atoms with Gasteiger partial charge in [-0.05, 0) is 49.3 Å². The Morgan fingerprint density at radius 2 is 1.88 bits per heavy atom. The molecule has 52 heavy (non-hydrogen) atoms. The molecule has 3 saturated heterocycles. The number of hydrogen-bond donors (Lipinski definition) is 2. The molecule has 2 aromatic carbocycles. The Bertz CT molecular complexity index is 1630. The number of anilines is 1. The molecular weight excluding hydrogens is 686 g/mol. The molecule has 0 saturated carbocycles. The SMILES string of the molecule is C=CCCC(=O)N[C@H](COC)[C@H](OC(=O)[C@@H]1[C@H]2C(=O)N([C@@H](CO)C(C)C)[C@H](C(=O)N(CC=C)c3c(C)cccc3Cl)[C@]23CC[C@H]1O3)c1ccccc1. The summed E-state index contributed by atoms with van der Waals surface area (Å²) in [7, 11) is 1.50. The number of carbonyl (C=O) groups is 4. The van der Waals surface area contributed by atoms with Crippen molar-refractivity contribution in [2.45, 2.75) is 82.4 Å². The number of aliphatic hydroxyl groups excluding tert-OH is 1. The van der Waals surface area contributed by atoms with E-state index >= 15 is 4.79 Å². The molecule has 2 bridgehead atoms. The maximum atomic E-state index is 15.0. The fourth-order valence-corrected chi connectivity index (χ4v) is 8.60. The van der Waals surface area contributed by atoms with Gasteiger partial charge in [0.2, 0.25) is 11.8 Å². The summed E-state index contributed by atoms with van der Waals surface area (Å²) in [6, 6.07) is 11.7. The monoisotopic (exact) mass is 735 g/mol. The summed E-state index contributed by atoms with van der Waals surface area (Å²) in [6.45, 7) is 12.9. The van der Waals surface area contributed by atoms with Crippen LogP contribution in [0.4, 0.5) is 5.69 Å². The Hall–Kier alpha value is -4.03. The van der Waals surface area contributed by atoms with Gasteiger partial charge < -0.3 is 34.4 Å². The third kappa shape index (κ3) is 7.28. The van der Waals surface area contributed by atoms with Gasteiger partial charge in [-0.25, -0.2) is 0 Å². The molecule has 0 aromatic heterocycles. The highest BCUT2D eigenvalue weighted by Gasteiger charge is 2.76. The molecule has 5 rings (SSSR count). The van der Waals surface area contributed by atoms with Crippen LogP contribution in [0.25, 0.3) is 0 Å². The van der Waals surface area contributed by atoms with Gasteiger partial charge in [0.1, 0.15) is 17.7 Å². The van der Waals surface area contributed by atoms with Gasteiger partial charge in [-0.15, -0.1) is 13.2 Å². The second kappa shape index (κ2) is 16.8. The lowest BCUT2D eigenvalue weighted by atomic mass is 9.70. The lowest BCUT2D eigenvalue weighted by Crippen LogP contribution is -2.60. The molecule has 0 radical (unpaired) electrons. The Morgan fingerprint density at radius 1 is 1.15 bits per heavy atom. The van der Waals surface area contributed by atoms with E-state index in [1.54, 1.807) is 48.6 Å². The lowest BCUT2D eigenvalue weighted by molar-refractivity contribution is -0.163. The molecule has 280 valence electrons. The van der Waals surface area contributed by atoms with E-state index < -0.39 is 72.2 Å². The molecule has 3 heterocycles. The first-order valence-corrected chi connectivity index (χ1v) is 18.3. The number of para-hydroxylation sites is 1. The van der Waals surface area contributed by atoms with E-state index in [0.717, 1.165) is 5.56 Å². The highest BCUT2D eigenvalue weighted by atomic mass is 35.5. The molecule has 0 unspecified atom stereocenters. The van der Waals surface area contributed by atoms with E-state index in [1.165, 1.54) is 16.9 Å². The fraction of sp³-hybridized carbons (Fsp3) is 0.500. The number of methoxy groups -OCH3 is 1. The summed E-state index contributed by atoms with van der Waals surface area (Å²) < 4.78 is 18.5. The van der Waals surface area contributed by atoms with E-state index in [2.05, 4.69) is 18.5 Å². The average molecular weight is 736 g/mol. The summed E-state index contributed by atoms with van der Waals surface area (Å²) in [5.41, 5.74) is 0.498. The molecule has 2 N–H and O–H groups in total. The van der Waals surface area contributed by atoms with Gasteiger partial charge in [0.25, 0.3) is 5.91 Å². The van der Waals surface area contributed by atoms with Crippen molar-refractivity contribution < 1.29 is 38.5 Å². The minimum absolute atomic E-state index is 0.0427. The van der Waals surface area contributed by atoms with Gasteiger partial charge in [-0.3, -0.25) is 19.2 Å². The number of benzene rings is 2. The standard InChI is InChI=1S/C40H50ClN3O8/c1-7-9-18-31(46)42-28(23-50-6)35(26-15-11-10-12-16-26)51-39(49)32-30-19-20-40(52-30)33(32)37(47)44(29(22-45)24(3)4)36(40)38(48)43(21-8-2)34-25(5)14-13-17-27(34)41/h7-8,10-17,24,28-30,32-33,35-36,45H,1-2,9,18-23H2,3-6H3,(H,42,46)/t28-,29+,30-,32+,33+,35-,36-,40+/m1/s1. The first kappa shape index (κ1) is 39.2. The van der Waals surface area contributed by atoms with Crippen molar-refractivity contribution in [1.82, 2.24) is 10.2 Å². The molecule has 3 aliphatic rings. The topological polar surface area (TPSA) is 135 Å². The third-order valence-corrected chi connectivity index (χ3v) is 10.9. The van der Waals surface area contributed by atoms with Gasteiger partial charge in [-0.1, -0.05) is 80.1 Å². The molecule has 2 aromatic rings. The fourth-order valence-electron chi connectivity index (χ4n) is 8.27. The van der Waals surface area contributed by atoms with Crippen LogP contribution >= 0.6 is 11.6 Å². The molecule has 0 aliphatic carbocycles. The summed E-state index contributed by atoms with van der Waals surface area (Å²) in [4.78, 5) is 60.3. The van der Waals surface area contributed by atoms with Crippen molar-refractivity contribution in [3.05, 3.63) is 90.0 Å². The molecule has 3 fully saturated rings. The highest BCUT2D eigenvalue weighted by Crippen LogP contribution is 2.60. The number of aliphatic hydroxyl groups is 1. The van der Waals surface area contributed by atoms with E-state index in [0.29, 0.717) is 35.5 Å². The predicted octanol–water partition coefficient (Wildman–Crippen LogP) is 4.94. The number of hydrogen-bond acceptors (Lipinski definition) is 8. The molecule has 11 nitrogen and oxygen atoms in total. The average Bonchev–Trinajstić information content (AvgIpc) is 3.77. The zero-order chi connectivity index (χ0) is 37.7. The second-order valence-corrected chi connectivity index (χ2v) is 14.6. The number of ether oxygens (including phenoxy) is 3. The zero-order valence-electron chi connectivity index (χ0n) is 30.3. The summed E-state index contributed by atoms with van der Waals surface area (Å²) in [6.07, 6.45) is 3.00. The van der Waals surface area contributed by atoms with Crippen LogP contribution in [0.3, 0.4) is 0 Å². The lowest BCUT2D eigenvalue weighted by Gasteiger charge is -2.40. The van der Waals surface area contributed by atoms with Gasteiger partial charge in [-0.2, -0.15) is 0 Å². The maximum absolute atomic E-state index is 15.0. The van der Waals surface area contributed by atoms with Crippen molar-refractivity contribution in [3.63, 3.8) is 0 Å². The minimum atomic E-state index is -1.37. The van der Waals surface area contributed by atoms with Crippen molar-refractivity contribution >= 4 is 41.0 Å². The molecule has 8 atom stereocenters. The van der Waals surface area contributed by atoms with Crippen molar-refractivity contribution in [1.29, 1.82) is 0 Å². The molecule has 1 spiro atoms. The zero-order valence-corrected chi connectivity index (χ0v) is 31.1. The first-order chi connectivity index (χ1) is 24.9. The number of fused-ring (bicyclic) bond motifs is 1. The number of nitrogens with one attached hydrogen (secondary N) is 1. The Labute approximate surface area is 310 Å². The minimum Gasteiger partial charge on any atom is -0.455 e. The second-order valence-electron chi connectivity index (χ2n) is 14.2. The van der Waals surface area contributed by atoms with Crippen LogP contribution < -0.4 is 10.2 Å². The Balaban J connectivity index is 1.55. The summed E-state index contributed by atoms with van der Waals surface area (Å²) >= 11 is 6.69. The predicted molar refractivity (Wildman–Crippen MR) is 197 cm³/mol. The Morgan fingerprint density at radius 3 is 2.50 bits per heavy atom. The van der Waals surface area contributed by atoms with Crippen LogP contribution in [0.1, 0.15) is 56.8 Å². The van der Waals surface area contributed by atoms with Crippen molar-refractivity contribution in [2.24, 2.45) is 17.8 Å². The largest absolute Gasteiger partial charge is 0.455 e. The number of aryl methyl sites for hydroxylation is 1. The summed E-state index contributed by atoms with van der Waals surface area (Å²) in [5, 5.41) is 14.0. The molecule has 3 amide bonds. The van der Waals surface area contributed by atoms with Gasteiger partial charge in [0, 0.05) is 20.1 Å². The number of rotatable bonds is 17. The first-order valence-electron chi connectivity index (χ1n) is 17.9. The molecular formula is C40H50ClN3O8. The van der Waals surface area contributed by atoms with E-state index in [9.17, 15) is 19.5 Å². The van der Waals surface area contributed by atoms with E-state index in [1.807, 2.05) is 32.9 Å². The van der Waals surface area contributed by atoms with Crippen LogP contribution in [-0.4, -0.2) is 90.4 Å². The van der Waals surface area contributed by atoms with Gasteiger partial charge in [0.15, 0.2) is 0 Å². The number of allylic oxidation sites excluding steroid dienone is 1. The van der Waals surface area contributed by atoms with Gasteiger partial charge >= 0.3 is 5.97 Å². The van der Waals surface area contributed by atoms with Crippen LogP contribution in [0, 0.1) is 24.7 Å². The number of carbonyl (C=O) groups excluding carboxylic acids is 4. The number of halogens is 1. The number of amides is 3. The smallest absolute Gasteiger partial charge is 0.313 e. The summed E-state index contributed by atoms with van der Waals surface area (Å²) in [5.74, 6) is -4.17. The number of nitrogens with zero attached hydrogens (tertiary/aromatic N) is 2. The van der Waals surface area contributed by atoms with E-state index in [4.69, 9.17) is 25.8 Å². The quantitative estimate of drug-likeness (QED) is 0.173. The van der Waals surface area contributed by atoms with Crippen LogP contribution in [0.2, 0.25) is 5.02 Å². The molecule has 3 aliphatic heterocycles. The third-order valence-electron chi connectivity index (χ3n) is 10.6. The van der Waals surface area contributed by atoms with Crippen molar-refractivity contribution in [2.75, 3.05) is 31.8 Å². The van der Waals surface area contributed by atoms with Crippen LogP contribution in [-0.2, 0) is 33.4 Å². The highest BCUT2D eigenvalue weighted by molar-refractivity contribution is 6.34. The maximum Gasteiger partial charge on any atom is 0.313 e. The number of esters is 1.